The minimum Gasteiger partial charge on any atom is -0.467 e. The molecule has 4 nitrogen and oxygen atoms in total. The van der Waals surface area contributed by atoms with Crippen molar-refractivity contribution in [3.05, 3.63) is 18.0 Å². The van der Waals surface area contributed by atoms with Crippen LogP contribution in [0.2, 0.25) is 0 Å². The first-order chi connectivity index (χ1) is 6.31. The maximum Gasteiger partial charge on any atom is 0.316 e. The lowest BCUT2D eigenvalue weighted by atomic mass is 9.78. The number of aliphatic hydroxyl groups is 1. The molecule has 13 heavy (non-hydrogen) atoms. The summed E-state index contributed by atoms with van der Waals surface area (Å²) in [5.74, 6) is 0.228. The van der Waals surface area contributed by atoms with Crippen LogP contribution in [0.15, 0.2) is 12.4 Å². The topological polar surface area (TPSA) is 55.2 Å². The summed E-state index contributed by atoms with van der Waals surface area (Å²) in [5, 5.41) is 9.40. The molecule has 0 spiro atoms. The largest absolute Gasteiger partial charge is 0.467 e. The van der Waals surface area contributed by atoms with Gasteiger partial charge in [0.2, 0.25) is 0 Å². The highest BCUT2D eigenvalue weighted by molar-refractivity contribution is 5.17. The number of aliphatic hydroxyl groups excluding tert-OH is 1. The third-order valence-corrected chi connectivity index (χ3v) is 2.50. The fraction of sp³-hybridized carbons (Fsp3) is 0.556. The van der Waals surface area contributed by atoms with Crippen LogP contribution in [0.1, 0.15) is 24.3 Å². The van der Waals surface area contributed by atoms with Gasteiger partial charge in [-0.3, -0.25) is 0 Å². The number of methoxy groups -OCH3 is 1. The SMILES string of the molecule is COc1ncc(C2CCC2O)cn1. The second kappa shape index (κ2) is 3.30. The predicted molar refractivity (Wildman–Crippen MR) is 46.6 cm³/mol. The molecule has 0 bridgehead atoms. The molecule has 1 aliphatic carbocycles. The van der Waals surface area contributed by atoms with E-state index in [1.807, 2.05) is 0 Å². The molecule has 70 valence electrons. The standard InChI is InChI=1S/C9H12N2O2/c1-13-9-10-4-6(5-11-9)7-2-3-8(7)12/h4-5,7-8,12H,2-3H2,1H3. The Morgan fingerprint density at radius 2 is 2.08 bits per heavy atom. The molecule has 1 aromatic rings. The monoisotopic (exact) mass is 180 g/mol. The van der Waals surface area contributed by atoms with Gasteiger partial charge in [-0.25, -0.2) is 9.97 Å². The van der Waals surface area contributed by atoms with E-state index in [0.29, 0.717) is 6.01 Å². The van der Waals surface area contributed by atoms with E-state index < -0.39 is 0 Å². The molecule has 0 aliphatic heterocycles. The second-order valence-electron chi connectivity index (χ2n) is 3.25. The average molecular weight is 180 g/mol. The molecule has 4 heteroatoms. The molecular formula is C9H12N2O2. The Labute approximate surface area is 76.6 Å². The van der Waals surface area contributed by atoms with Gasteiger partial charge in [0.15, 0.2) is 0 Å². The zero-order chi connectivity index (χ0) is 9.26. The molecule has 2 atom stereocenters. The lowest BCUT2D eigenvalue weighted by molar-refractivity contribution is 0.0657. The van der Waals surface area contributed by atoms with Crippen molar-refractivity contribution in [3.8, 4) is 6.01 Å². The van der Waals surface area contributed by atoms with Crippen LogP contribution in [0.25, 0.3) is 0 Å². The second-order valence-corrected chi connectivity index (χ2v) is 3.25. The van der Waals surface area contributed by atoms with E-state index in [1.165, 1.54) is 7.11 Å². The Kier molecular flexibility index (Phi) is 2.14. The normalized spacial score (nSPS) is 26.6. The molecule has 1 aliphatic rings. The van der Waals surface area contributed by atoms with E-state index in [9.17, 15) is 5.11 Å². The lowest BCUT2D eigenvalue weighted by Crippen LogP contribution is -2.29. The Morgan fingerprint density at radius 3 is 2.46 bits per heavy atom. The van der Waals surface area contributed by atoms with Gasteiger partial charge in [-0.05, 0) is 18.4 Å². The summed E-state index contributed by atoms with van der Waals surface area (Å²) in [6.45, 7) is 0. The van der Waals surface area contributed by atoms with Crippen LogP contribution in [0.4, 0.5) is 0 Å². The molecule has 0 radical (unpaired) electrons. The van der Waals surface area contributed by atoms with Crippen molar-refractivity contribution in [1.29, 1.82) is 0 Å². The minimum atomic E-state index is -0.211. The number of ether oxygens (including phenoxy) is 1. The van der Waals surface area contributed by atoms with E-state index in [4.69, 9.17) is 4.74 Å². The Bertz CT molecular complexity index is 286. The van der Waals surface area contributed by atoms with Gasteiger partial charge < -0.3 is 9.84 Å². The summed E-state index contributed by atoms with van der Waals surface area (Å²) in [6.07, 6.45) is 5.14. The third kappa shape index (κ3) is 1.49. The fourth-order valence-corrected chi connectivity index (χ4v) is 1.49. The summed E-state index contributed by atoms with van der Waals surface area (Å²) in [5.41, 5.74) is 1.000. The Hall–Kier alpha value is -1.16. The number of hydrogen-bond donors (Lipinski definition) is 1. The van der Waals surface area contributed by atoms with Gasteiger partial charge >= 0.3 is 6.01 Å². The molecule has 0 saturated heterocycles. The molecular weight excluding hydrogens is 168 g/mol. The molecule has 0 amide bonds. The molecule has 1 saturated carbocycles. The van der Waals surface area contributed by atoms with Crippen LogP contribution in [0, 0.1) is 0 Å². The van der Waals surface area contributed by atoms with Gasteiger partial charge in [-0.1, -0.05) is 0 Å². The quantitative estimate of drug-likeness (QED) is 0.728. The molecule has 0 aromatic carbocycles. The van der Waals surface area contributed by atoms with Gasteiger partial charge in [-0.2, -0.15) is 0 Å². The summed E-state index contributed by atoms with van der Waals surface area (Å²) in [6, 6.07) is 0.373. The van der Waals surface area contributed by atoms with Crippen LogP contribution in [-0.4, -0.2) is 28.3 Å². The van der Waals surface area contributed by atoms with Crippen LogP contribution in [0.3, 0.4) is 0 Å². The molecule has 1 aromatic heterocycles. The highest BCUT2D eigenvalue weighted by Gasteiger charge is 2.30. The smallest absolute Gasteiger partial charge is 0.316 e. The van der Waals surface area contributed by atoms with Crippen LogP contribution >= 0.6 is 0 Å². The van der Waals surface area contributed by atoms with Gasteiger partial charge in [0.05, 0.1) is 13.2 Å². The molecule has 2 unspecified atom stereocenters. The highest BCUT2D eigenvalue weighted by atomic mass is 16.5. The summed E-state index contributed by atoms with van der Waals surface area (Å²) >= 11 is 0. The lowest BCUT2D eigenvalue weighted by Gasteiger charge is -2.32. The van der Waals surface area contributed by atoms with E-state index in [1.54, 1.807) is 12.4 Å². The van der Waals surface area contributed by atoms with Crippen LogP contribution in [0.5, 0.6) is 6.01 Å². The molecule has 1 N–H and O–H groups in total. The molecule has 1 heterocycles. The number of rotatable bonds is 2. The first kappa shape index (κ1) is 8.44. The Morgan fingerprint density at radius 1 is 1.38 bits per heavy atom. The van der Waals surface area contributed by atoms with E-state index in [2.05, 4.69) is 9.97 Å². The Balaban J connectivity index is 2.13. The van der Waals surface area contributed by atoms with Crippen LogP contribution in [-0.2, 0) is 0 Å². The maximum atomic E-state index is 9.40. The van der Waals surface area contributed by atoms with Gasteiger partial charge in [0.25, 0.3) is 0 Å². The maximum absolute atomic E-state index is 9.40. The van der Waals surface area contributed by atoms with Crippen molar-refractivity contribution >= 4 is 0 Å². The zero-order valence-corrected chi connectivity index (χ0v) is 7.47. The van der Waals surface area contributed by atoms with Crippen molar-refractivity contribution in [2.45, 2.75) is 24.9 Å². The van der Waals surface area contributed by atoms with Crippen molar-refractivity contribution < 1.29 is 9.84 Å². The molecule has 1 fully saturated rings. The van der Waals surface area contributed by atoms with Crippen molar-refractivity contribution in [1.82, 2.24) is 9.97 Å². The first-order valence-corrected chi connectivity index (χ1v) is 4.35. The number of nitrogens with zero attached hydrogens (tertiary/aromatic N) is 2. The third-order valence-electron chi connectivity index (χ3n) is 2.50. The van der Waals surface area contributed by atoms with Crippen LogP contribution < -0.4 is 4.74 Å². The fourth-order valence-electron chi connectivity index (χ4n) is 1.49. The van der Waals surface area contributed by atoms with E-state index in [0.717, 1.165) is 18.4 Å². The first-order valence-electron chi connectivity index (χ1n) is 4.35. The molecule has 2 rings (SSSR count). The van der Waals surface area contributed by atoms with Crippen molar-refractivity contribution in [2.24, 2.45) is 0 Å². The minimum absolute atomic E-state index is 0.211. The van der Waals surface area contributed by atoms with Gasteiger partial charge in [-0.15, -0.1) is 0 Å². The highest BCUT2D eigenvalue weighted by Crippen LogP contribution is 2.36. The van der Waals surface area contributed by atoms with Gasteiger partial charge in [0, 0.05) is 18.3 Å². The van der Waals surface area contributed by atoms with E-state index >= 15 is 0 Å². The average Bonchev–Trinajstić information content (AvgIpc) is 2.17. The summed E-state index contributed by atoms with van der Waals surface area (Å²) in [4.78, 5) is 7.98. The van der Waals surface area contributed by atoms with Crippen molar-refractivity contribution in [3.63, 3.8) is 0 Å². The summed E-state index contributed by atoms with van der Waals surface area (Å²) in [7, 11) is 1.53. The zero-order valence-electron chi connectivity index (χ0n) is 7.47. The predicted octanol–water partition coefficient (Wildman–Crippen LogP) is 0.723. The number of hydrogen-bond acceptors (Lipinski definition) is 4. The van der Waals surface area contributed by atoms with Gasteiger partial charge in [0.1, 0.15) is 0 Å². The van der Waals surface area contributed by atoms with Crippen molar-refractivity contribution in [2.75, 3.05) is 7.11 Å². The van der Waals surface area contributed by atoms with E-state index in [-0.39, 0.29) is 12.0 Å². The number of aromatic nitrogens is 2. The summed E-state index contributed by atoms with van der Waals surface area (Å²) < 4.78 is 4.84.